The molecule has 15 heavy (non-hydrogen) atoms. The van der Waals surface area contributed by atoms with Crippen LogP contribution in [0.2, 0.25) is 0 Å². The van der Waals surface area contributed by atoms with Crippen LogP contribution in [0.15, 0.2) is 35.2 Å². The minimum absolute atomic E-state index is 0.144. The third-order valence-electron chi connectivity index (χ3n) is 1.58. The zero-order valence-electron chi connectivity index (χ0n) is 8.43. The van der Waals surface area contributed by atoms with Gasteiger partial charge < -0.3 is 4.74 Å². The van der Waals surface area contributed by atoms with E-state index in [-0.39, 0.29) is 18.1 Å². The molecule has 1 rings (SSSR count). The van der Waals surface area contributed by atoms with Crippen LogP contribution < -0.4 is 0 Å². The van der Waals surface area contributed by atoms with Crippen LogP contribution in [-0.4, -0.2) is 17.7 Å². The molecule has 1 aromatic rings. The highest BCUT2D eigenvalue weighted by atomic mass is 32.2. The predicted molar refractivity (Wildman–Crippen MR) is 58.6 cm³/mol. The van der Waals surface area contributed by atoms with Crippen LogP contribution in [-0.2, 0) is 14.3 Å². The zero-order chi connectivity index (χ0) is 11.1. The second kappa shape index (κ2) is 6.24. The molecule has 0 amide bonds. The smallest absolute Gasteiger partial charge is 0.314 e. The summed E-state index contributed by atoms with van der Waals surface area (Å²) < 4.78 is 4.86. The summed E-state index contributed by atoms with van der Waals surface area (Å²) in [5.74, 6) is -0.397. The van der Waals surface area contributed by atoms with Crippen LogP contribution in [0.5, 0.6) is 0 Å². The first-order valence-electron chi connectivity index (χ1n) is 4.51. The fraction of sp³-hybridized carbons (Fsp3) is 0.273. The Morgan fingerprint density at radius 3 is 2.53 bits per heavy atom. The Bertz CT molecular complexity index is 335. The first-order valence-corrected chi connectivity index (χ1v) is 5.50. The number of benzene rings is 1. The van der Waals surface area contributed by atoms with Crippen molar-refractivity contribution < 1.29 is 14.3 Å². The van der Waals surface area contributed by atoms with Crippen molar-refractivity contribution in [2.75, 3.05) is 5.94 Å². The van der Waals surface area contributed by atoms with Crippen molar-refractivity contribution >= 4 is 23.5 Å². The third-order valence-corrected chi connectivity index (χ3v) is 2.42. The van der Waals surface area contributed by atoms with Gasteiger partial charge in [-0.3, -0.25) is 9.59 Å². The van der Waals surface area contributed by atoms with E-state index in [1.165, 1.54) is 18.7 Å². The van der Waals surface area contributed by atoms with E-state index in [1.807, 2.05) is 30.3 Å². The van der Waals surface area contributed by atoms with E-state index in [4.69, 9.17) is 4.74 Å². The van der Waals surface area contributed by atoms with E-state index in [0.29, 0.717) is 0 Å². The molecule has 0 saturated carbocycles. The number of hydrogen-bond acceptors (Lipinski definition) is 4. The minimum Gasteiger partial charge on any atom is -0.454 e. The molecule has 4 heteroatoms. The van der Waals surface area contributed by atoms with E-state index < -0.39 is 5.97 Å². The lowest BCUT2D eigenvalue weighted by Crippen LogP contribution is -2.08. The van der Waals surface area contributed by atoms with Gasteiger partial charge in [0, 0.05) is 4.90 Å². The Balaban J connectivity index is 2.22. The second-order valence-electron chi connectivity index (χ2n) is 2.97. The molecule has 0 heterocycles. The SMILES string of the molecule is CC(=O)CC(=O)OCSc1ccccc1. The number of esters is 1. The predicted octanol–water partition coefficient (Wildman–Crippen LogP) is 2.26. The average molecular weight is 224 g/mol. The molecule has 0 aliphatic heterocycles. The van der Waals surface area contributed by atoms with Gasteiger partial charge in [0.05, 0.1) is 0 Å². The van der Waals surface area contributed by atoms with E-state index in [0.717, 1.165) is 4.90 Å². The Hall–Kier alpha value is -1.29. The van der Waals surface area contributed by atoms with Crippen molar-refractivity contribution in [1.82, 2.24) is 0 Å². The Morgan fingerprint density at radius 2 is 1.93 bits per heavy atom. The summed E-state index contributed by atoms with van der Waals surface area (Å²) in [6.45, 7) is 1.37. The molecule has 0 aliphatic carbocycles. The molecule has 0 N–H and O–H groups in total. The van der Waals surface area contributed by atoms with Gasteiger partial charge in [0.15, 0.2) is 0 Å². The van der Waals surface area contributed by atoms with Gasteiger partial charge in [0.1, 0.15) is 18.1 Å². The van der Waals surface area contributed by atoms with Gasteiger partial charge in [-0.15, -0.1) is 0 Å². The molecule has 0 radical (unpaired) electrons. The second-order valence-corrected chi connectivity index (χ2v) is 3.97. The number of carbonyl (C=O) groups excluding carboxylic acids is 2. The van der Waals surface area contributed by atoms with E-state index in [1.54, 1.807) is 0 Å². The summed E-state index contributed by atoms with van der Waals surface area (Å²) in [6, 6.07) is 9.62. The zero-order valence-corrected chi connectivity index (χ0v) is 9.25. The lowest BCUT2D eigenvalue weighted by Gasteiger charge is -2.02. The Kier molecular flexibility index (Phi) is 4.90. The first kappa shape index (κ1) is 11.8. The van der Waals surface area contributed by atoms with Crippen molar-refractivity contribution in [3.05, 3.63) is 30.3 Å². The molecule has 0 bridgehead atoms. The first-order chi connectivity index (χ1) is 7.18. The topological polar surface area (TPSA) is 43.4 Å². The molecule has 0 aromatic heterocycles. The minimum atomic E-state index is -0.467. The van der Waals surface area contributed by atoms with Gasteiger partial charge in [-0.1, -0.05) is 30.0 Å². The lowest BCUT2D eigenvalue weighted by atomic mass is 10.3. The molecule has 1 aromatic carbocycles. The van der Waals surface area contributed by atoms with Gasteiger partial charge in [0.25, 0.3) is 0 Å². The summed E-state index contributed by atoms with van der Waals surface area (Å²) in [4.78, 5) is 22.6. The van der Waals surface area contributed by atoms with Crippen LogP contribution in [0.25, 0.3) is 0 Å². The van der Waals surface area contributed by atoms with Crippen molar-refractivity contribution in [3.8, 4) is 0 Å². The van der Waals surface area contributed by atoms with Gasteiger partial charge in [-0.2, -0.15) is 0 Å². The monoisotopic (exact) mass is 224 g/mol. The van der Waals surface area contributed by atoms with Crippen molar-refractivity contribution in [3.63, 3.8) is 0 Å². The summed E-state index contributed by atoms with van der Waals surface area (Å²) in [5.41, 5.74) is 0. The highest BCUT2D eigenvalue weighted by Gasteiger charge is 2.05. The molecule has 0 fully saturated rings. The molecule has 0 unspecified atom stereocenters. The number of carbonyl (C=O) groups is 2. The third kappa shape index (κ3) is 5.22. The van der Waals surface area contributed by atoms with E-state index >= 15 is 0 Å². The fourth-order valence-corrected chi connectivity index (χ4v) is 1.61. The van der Waals surface area contributed by atoms with Crippen LogP contribution in [0.4, 0.5) is 0 Å². The number of ether oxygens (including phenoxy) is 1. The molecule has 0 aliphatic rings. The standard InChI is InChI=1S/C11H12O3S/c1-9(12)7-11(13)14-8-15-10-5-3-2-4-6-10/h2-6H,7-8H2,1H3. The maximum absolute atomic E-state index is 11.0. The van der Waals surface area contributed by atoms with Crippen molar-refractivity contribution in [1.29, 1.82) is 0 Å². The molecular formula is C11H12O3S. The molecule has 3 nitrogen and oxygen atoms in total. The summed E-state index contributed by atoms with van der Waals surface area (Å²) in [7, 11) is 0. The number of hydrogen-bond donors (Lipinski definition) is 0. The van der Waals surface area contributed by atoms with Crippen LogP contribution in [0.1, 0.15) is 13.3 Å². The summed E-state index contributed by atoms with van der Waals surface area (Å²) in [6.07, 6.45) is -0.144. The van der Waals surface area contributed by atoms with Gasteiger partial charge in [-0.05, 0) is 19.1 Å². The quantitative estimate of drug-likeness (QED) is 0.333. The normalized spacial score (nSPS) is 9.67. The summed E-state index contributed by atoms with van der Waals surface area (Å²) in [5, 5.41) is 0. The molecule has 80 valence electrons. The highest BCUT2D eigenvalue weighted by molar-refractivity contribution is 7.99. The molecular weight excluding hydrogens is 212 g/mol. The number of thioether (sulfide) groups is 1. The van der Waals surface area contributed by atoms with E-state index in [2.05, 4.69) is 0 Å². The molecule has 0 atom stereocenters. The Morgan fingerprint density at radius 1 is 1.27 bits per heavy atom. The van der Waals surface area contributed by atoms with Crippen LogP contribution in [0.3, 0.4) is 0 Å². The number of Topliss-reactive ketones (excluding diaryl/α,β-unsaturated/α-hetero) is 1. The Labute approximate surface area is 92.8 Å². The largest absolute Gasteiger partial charge is 0.454 e. The average Bonchev–Trinajstić information content (AvgIpc) is 2.18. The maximum atomic E-state index is 11.0. The van der Waals surface area contributed by atoms with E-state index in [9.17, 15) is 9.59 Å². The van der Waals surface area contributed by atoms with Gasteiger partial charge >= 0.3 is 5.97 Å². The van der Waals surface area contributed by atoms with Gasteiger partial charge in [-0.25, -0.2) is 0 Å². The van der Waals surface area contributed by atoms with Crippen molar-refractivity contribution in [2.45, 2.75) is 18.2 Å². The maximum Gasteiger partial charge on any atom is 0.314 e. The number of ketones is 1. The lowest BCUT2D eigenvalue weighted by molar-refractivity contribution is -0.143. The highest BCUT2D eigenvalue weighted by Crippen LogP contribution is 2.16. The summed E-state index contributed by atoms with van der Waals surface area (Å²) >= 11 is 1.42. The van der Waals surface area contributed by atoms with Crippen molar-refractivity contribution in [2.24, 2.45) is 0 Å². The number of rotatable bonds is 5. The molecule has 0 saturated heterocycles. The fourth-order valence-electron chi connectivity index (χ4n) is 0.934. The van der Waals surface area contributed by atoms with Gasteiger partial charge in [0.2, 0.25) is 0 Å². The van der Waals surface area contributed by atoms with Crippen LogP contribution >= 0.6 is 11.8 Å². The molecule has 0 spiro atoms. The van der Waals surface area contributed by atoms with Crippen LogP contribution in [0, 0.1) is 0 Å².